The molecule has 0 bridgehead atoms. The van der Waals surface area contributed by atoms with E-state index < -0.39 is 91.3 Å². The molecule has 63 heavy (non-hydrogen) atoms. The van der Waals surface area contributed by atoms with Crippen LogP contribution in [0.4, 0.5) is 0 Å². The van der Waals surface area contributed by atoms with Gasteiger partial charge >= 0.3 is 35.4 Å². The molecular formula is C41H77O19P3. The number of esters is 2. The van der Waals surface area contributed by atoms with Crippen molar-refractivity contribution in [3.8, 4) is 0 Å². The summed E-state index contributed by atoms with van der Waals surface area (Å²) in [5.41, 5.74) is 0. The van der Waals surface area contributed by atoms with Crippen molar-refractivity contribution >= 4 is 35.4 Å². The molecule has 0 spiro atoms. The molecule has 19 nitrogen and oxygen atoms in total. The van der Waals surface area contributed by atoms with Gasteiger partial charge in [-0.25, -0.2) is 13.7 Å². The molecule has 5 unspecified atom stereocenters. The minimum Gasteiger partial charge on any atom is -0.462 e. The SMILES string of the molecule is CCC/C=C\C/C=C\CCCCCCCC(=O)O[C@H](COC(=O)CCCCCCCCCCCCCCC)COP(=O)(O)O[C@H]1C(O)C(O)C(OP(=O)(O)O)[C@@H](OP(=O)(O)O)C1O. The molecule has 8 atom stereocenters. The molecule has 0 heterocycles. The molecule has 0 aromatic rings. The predicted molar refractivity (Wildman–Crippen MR) is 234 cm³/mol. The second-order valence-electron chi connectivity index (χ2n) is 16.0. The first-order chi connectivity index (χ1) is 29.8. The van der Waals surface area contributed by atoms with Crippen molar-refractivity contribution in [3.63, 3.8) is 0 Å². The molecule has 1 aliphatic rings. The number of allylic oxidation sites excluding steroid dienone is 4. The zero-order valence-electron chi connectivity index (χ0n) is 37.1. The Labute approximate surface area is 373 Å². The van der Waals surface area contributed by atoms with Gasteiger partial charge in [0.1, 0.15) is 43.2 Å². The first-order valence-corrected chi connectivity index (χ1v) is 27.2. The van der Waals surface area contributed by atoms with Crippen LogP contribution in [-0.4, -0.2) is 108 Å². The zero-order chi connectivity index (χ0) is 47.2. The van der Waals surface area contributed by atoms with E-state index in [1.54, 1.807) is 0 Å². The van der Waals surface area contributed by atoms with Gasteiger partial charge in [-0.05, 0) is 38.5 Å². The highest BCUT2D eigenvalue weighted by molar-refractivity contribution is 7.47. The molecule has 370 valence electrons. The normalized spacial score (nSPS) is 22.4. The monoisotopic (exact) mass is 966 g/mol. The highest BCUT2D eigenvalue weighted by Gasteiger charge is 2.56. The number of aliphatic hydroxyl groups excluding tert-OH is 3. The average Bonchev–Trinajstić information content (AvgIpc) is 3.20. The maximum Gasteiger partial charge on any atom is 0.472 e. The van der Waals surface area contributed by atoms with E-state index in [4.69, 9.17) is 18.5 Å². The smallest absolute Gasteiger partial charge is 0.462 e. The van der Waals surface area contributed by atoms with Crippen LogP contribution in [0.2, 0.25) is 0 Å². The molecule has 8 N–H and O–H groups in total. The Kier molecular flexibility index (Phi) is 32.2. The van der Waals surface area contributed by atoms with Crippen LogP contribution in [0, 0.1) is 0 Å². The summed E-state index contributed by atoms with van der Waals surface area (Å²) in [5.74, 6) is -1.31. The molecule has 0 aliphatic heterocycles. The van der Waals surface area contributed by atoms with Crippen molar-refractivity contribution in [2.24, 2.45) is 0 Å². The van der Waals surface area contributed by atoms with Crippen molar-refractivity contribution in [3.05, 3.63) is 24.3 Å². The first kappa shape index (κ1) is 59.6. The van der Waals surface area contributed by atoms with Gasteiger partial charge in [0.05, 0.1) is 6.61 Å². The maximum absolute atomic E-state index is 13.1. The summed E-state index contributed by atoms with van der Waals surface area (Å²) >= 11 is 0. The lowest BCUT2D eigenvalue weighted by Crippen LogP contribution is -2.65. The van der Waals surface area contributed by atoms with Crippen LogP contribution in [0.15, 0.2) is 24.3 Å². The van der Waals surface area contributed by atoms with Crippen LogP contribution in [-0.2, 0) is 50.9 Å². The van der Waals surface area contributed by atoms with Gasteiger partial charge in [-0.1, -0.05) is 141 Å². The van der Waals surface area contributed by atoms with Crippen molar-refractivity contribution in [2.45, 2.75) is 211 Å². The van der Waals surface area contributed by atoms with Crippen molar-refractivity contribution < 1.29 is 90.6 Å². The lowest BCUT2D eigenvalue weighted by Gasteiger charge is -2.44. The third-order valence-electron chi connectivity index (χ3n) is 10.2. The fourth-order valence-corrected chi connectivity index (χ4v) is 8.95. The standard InChI is InChI=1S/C41H77O19P3/c1-3-5-7-9-11-13-15-17-19-21-23-25-27-29-34(42)55-31-33(57-35(43)30-28-26-24-22-20-18-16-14-12-10-8-6-4-2)32-56-63(53,54)60-39-36(44)37(45)40(58-61(47,48)49)41(38(39)46)59-62(50,51)52/h8,10,14,16,33,36-41,44-46H,3-7,9,11-13,15,17-32H2,1-2H3,(H,53,54)(H2,47,48,49)(H2,50,51,52)/b10-8-,16-14-/t33-,36?,37?,38?,39+,40?,41+/m1/s1. The van der Waals surface area contributed by atoms with E-state index in [0.717, 1.165) is 77.0 Å². The molecule has 0 aromatic carbocycles. The highest BCUT2D eigenvalue weighted by Crippen LogP contribution is 2.51. The fourth-order valence-electron chi connectivity index (χ4n) is 6.86. The summed E-state index contributed by atoms with van der Waals surface area (Å²) < 4.78 is 65.3. The van der Waals surface area contributed by atoms with Gasteiger partial charge in [-0.3, -0.25) is 27.7 Å². The minimum atomic E-state index is -5.60. The van der Waals surface area contributed by atoms with E-state index in [-0.39, 0.29) is 12.8 Å². The number of rotatable bonds is 38. The van der Waals surface area contributed by atoms with Crippen LogP contribution in [0.1, 0.15) is 168 Å². The van der Waals surface area contributed by atoms with Crippen LogP contribution < -0.4 is 0 Å². The molecule has 0 aromatic heterocycles. The molecule has 22 heteroatoms. The molecule has 1 fully saturated rings. The summed E-state index contributed by atoms with van der Waals surface area (Å²) in [5, 5.41) is 31.8. The number of phosphoric ester groups is 3. The molecule has 0 saturated heterocycles. The van der Waals surface area contributed by atoms with Gasteiger partial charge in [-0.15, -0.1) is 0 Å². The summed E-state index contributed by atoms with van der Waals surface area (Å²) in [7, 11) is -16.6. The number of phosphoric acid groups is 3. The van der Waals surface area contributed by atoms with E-state index in [2.05, 4.69) is 47.2 Å². The van der Waals surface area contributed by atoms with Gasteiger partial charge in [0.25, 0.3) is 0 Å². The summed E-state index contributed by atoms with van der Waals surface area (Å²) in [4.78, 5) is 73.0. The summed E-state index contributed by atoms with van der Waals surface area (Å²) in [6.45, 7) is 2.85. The van der Waals surface area contributed by atoms with E-state index in [1.807, 2.05) is 0 Å². The largest absolute Gasteiger partial charge is 0.472 e. The molecule has 1 rings (SSSR count). The molecule has 0 amide bonds. The number of hydrogen-bond donors (Lipinski definition) is 8. The van der Waals surface area contributed by atoms with Crippen LogP contribution >= 0.6 is 23.5 Å². The van der Waals surface area contributed by atoms with Gasteiger partial charge in [0, 0.05) is 12.8 Å². The number of hydrogen-bond acceptors (Lipinski definition) is 14. The number of carbonyl (C=O) groups is 2. The summed E-state index contributed by atoms with van der Waals surface area (Å²) in [6, 6.07) is 0. The van der Waals surface area contributed by atoms with Gasteiger partial charge in [0.2, 0.25) is 0 Å². The second-order valence-corrected chi connectivity index (χ2v) is 19.8. The third kappa shape index (κ3) is 30.5. The number of carbonyl (C=O) groups excluding carboxylic acids is 2. The van der Waals surface area contributed by atoms with E-state index in [1.165, 1.54) is 51.4 Å². The Morgan fingerprint density at radius 2 is 0.952 bits per heavy atom. The third-order valence-corrected chi connectivity index (χ3v) is 12.3. The van der Waals surface area contributed by atoms with E-state index >= 15 is 0 Å². The Balaban J connectivity index is 2.77. The quantitative estimate of drug-likeness (QED) is 0.0128. The van der Waals surface area contributed by atoms with Crippen LogP contribution in [0.25, 0.3) is 0 Å². The van der Waals surface area contributed by atoms with Crippen molar-refractivity contribution in [1.29, 1.82) is 0 Å². The lowest BCUT2D eigenvalue weighted by atomic mass is 9.85. The molecular weight excluding hydrogens is 889 g/mol. The summed E-state index contributed by atoms with van der Waals surface area (Å²) in [6.07, 6.45) is 15.0. The fraction of sp³-hybridized carbons (Fsp3) is 0.854. The predicted octanol–water partition coefficient (Wildman–Crippen LogP) is 7.51. The van der Waals surface area contributed by atoms with Gasteiger partial charge in [0.15, 0.2) is 6.10 Å². The van der Waals surface area contributed by atoms with Crippen LogP contribution in [0.5, 0.6) is 0 Å². The topological polar surface area (TPSA) is 303 Å². The Morgan fingerprint density at radius 3 is 1.46 bits per heavy atom. The Morgan fingerprint density at radius 1 is 0.508 bits per heavy atom. The minimum absolute atomic E-state index is 0.0160. The number of ether oxygens (including phenoxy) is 2. The Hall–Kier alpha value is -1.37. The Bertz CT molecular complexity index is 1440. The average molecular weight is 967 g/mol. The number of aliphatic hydroxyl groups is 3. The highest BCUT2D eigenvalue weighted by atomic mass is 31.2. The van der Waals surface area contributed by atoms with Gasteiger partial charge in [-0.2, -0.15) is 0 Å². The first-order valence-electron chi connectivity index (χ1n) is 22.6. The van der Waals surface area contributed by atoms with Crippen LogP contribution in [0.3, 0.4) is 0 Å². The molecule has 1 aliphatic carbocycles. The molecule has 1 saturated carbocycles. The van der Waals surface area contributed by atoms with E-state index in [0.29, 0.717) is 12.8 Å². The maximum atomic E-state index is 13.1. The molecule has 0 radical (unpaired) electrons. The van der Waals surface area contributed by atoms with Gasteiger partial charge < -0.3 is 49.3 Å². The second kappa shape index (κ2) is 34.0. The van der Waals surface area contributed by atoms with Crippen molar-refractivity contribution in [2.75, 3.05) is 13.2 Å². The van der Waals surface area contributed by atoms with Crippen molar-refractivity contribution in [1.82, 2.24) is 0 Å². The number of unbranched alkanes of at least 4 members (excludes halogenated alkanes) is 18. The van der Waals surface area contributed by atoms with E-state index in [9.17, 15) is 63.1 Å². The zero-order valence-corrected chi connectivity index (χ0v) is 39.8. The lowest BCUT2D eigenvalue weighted by molar-refractivity contribution is -0.213.